The first-order valence-corrected chi connectivity index (χ1v) is 16.0. The normalized spacial score (nSPS) is 15.1. The van der Waals surface area contributed by atoms with Crippen molar-refractivity contribution in [3.05, 3.63) is 142 Å². The molecular formula is C38H40N4O10. The molecule has 0 aliphatic carbocycles. The summed E-state index contributed by atoms with van der Waals surface area (Å²) in [6, 6.07) is 24.0. The van der Waals surface area contributed by atoms with Gasteiger partial charge in [0.05, 0.1) is 0 Å². The molecule has 52 heavy (non-hydrogen) atoms. The van der Waals surface area contributed by atoms with Crippen molar-refractivity contribution in [2.75, 3.05) is 0 Å². The van der Waals surface area contributed by atoms with Crippen LogP contribution in [-0.4, -0.2) is 85.0 Å². The number of carbonyl (C=O) groups is 5. The summed E-state index contributed by atoms with van der Waals surface area (Å²) in [5.74, 6) is -6.16. The van der Waals surface area contributed by atoms with Gasteiger partial charge in [-0.3, -0.25) is 29.3 Å². The van der Waals surface area contributed by atoms with E-state index in [1.807, 2.05) is 16.0 Å². The van der Waals surface area contributed by atoms with Crippen LogP contribution in [0.15, 0.2) is 97.1 Å². The standard InChI is InChI=1S/C38H40N4O10/c1-21-13-5-9-17-25(21)31(45)39-35(49)29(43)37(51,41-33(47)27-19-11-7-15-23(27)3)38(52,42-34(48)28-20-12-8-16-24(28)4)30(44)36(50)40-32(46)26-18-10-6-14-22(26)2/h5-20,29-30,35,43-44,49,51-52H,1-4H3,(H,39,45)(H,41,47)(H,42,48)(H,40,46,50)/t29-,30+,35?,37-,38-/m1/s1. The van der Waals surface area contributed by atoms with E-state index in [0.29, 0.717) is 22.3 Å². The highest BCUT2D eigenvalue weighted by Gasteiger charge is 2.64. The van der Waals surface area contributed by atoms with Crippen molar-refractivity contribution >= 4 is 29.5 Å². The monoisotopic (exact) mass is 712 g/mol. The van der Waals surface area contributed by atoms with Gasteiger partial charge in [0.2, 0.25) is 11.4 Å². The molecule has 0 aromatic heterocycles. The molecule has 5 amide bonds. The number of carbonyl (C=O) groups excluding carboxylic acids is 5. The van der Waals surface area contributed by atoms with Crippen LogP contribution in [0.3, 0.4) is 0 Å². The Hall–Kier alpha value is -5.77. The molecule has 0 radical (unpaired) electrons. The Morgan fingerprint density at radius 2 is 0.827 bits per heavy atom. The number of nitrogens with one attached hydrogen (secondary N) is 4. The Labute approximate surface area is 299 Å². The number of hydrogen-bond acceptors (Lipinski definition) is 10. The molecule has 0 aliphatic rings. The average molecular weight is 713 g/mol. The van der Waals surface area contributed by atoms with Crippen molar-refractivity contribution in [2.24, 2.45) is 0 Å². The van der Waals surface area contributed by atoms with Gasteiger partial charge in [-0.15, -0.1) is 0 Å². The lowest BCUT2D eigenvalue weighted by Gasteiger charge is -2.48. The van der Waals surface area contributed by atoms with Crippen molar-refractivity contribution < 1.29 is 49.5 Å². The molecule has 0 bridgehead atoms. The Morgan fingerprint density at radius 3 is 1.21 bits per heavy atom. The lowest BCUT2D eigenvalue weighted by molar-refractivity contribution is -0.268. The second-order valence-corrected chi connectivity index (χ2v) is 12.3. The summed E-state index contributed by atoms with van der Waals surface area (Å²) in [6.45, 7) is 6.19. The molecule has 272 valence electrons. The summed E-state index contributed by atoms with van der Waals surface area (Å²) in [7, 11) is 0. The van der Waals surface area contributed by atoms with Gasteiger partial charge in [0.1, 0.15) is 0 Å². The van der Waals surface area contributed by atoms with Crippen LogP contribution in [0, 0.1) is 27.7 Å². The molecule has 5 atom stereocenters. The van der Waals surface area contributed by atoms with Crippen molar-refractivity contribution in [1.82, 2.24) is 21.3 Å². The van der Waals surface area contributed by atoms with Crippen LogP contribution in [-0.2, 0) is 4.79 Å². The van der Waals surface area contributed by atoms with E-state index in [2.05, 4.69) is 5.32 Å². The molecule has 1 unspecified atom stereocenters. The highest BCUT2D eigenvalue weighted by Crippen LogP contribution is 2.29. The number of benzene rings is 4. The van der Waals surface area contributed by atoms with E-state index >= 15 is 0 Å². The van der Waals surface area contributed by atoms with Crippen LogP contribution < -0.4 is 21.3 Å². The Balaban J connectivity index is 1.85. The van der Waals surface area contributed by atoms with Gasteiger partial charge in [0.25, 0.3) is 29.5 Å². The second-order valence-electron chi connectivity index (χ2n) is 12.3. The van der Waals surface area contributed by atoms with E-state index in [0.717, 1.165) is 0 Å². The third-order valence-electron chi connectivity index (χ3n) is 8.63. The Bertz CT molecular complexity index is 2000. The predicted octanol–water partition coefficient (Wildman–Crippen LogP) is 0.884. The minimum Gasteiger partial charge on any atom is -0.383 e. The number of hydrogen-bond donors (Lipinski definition) is 9. The fourth-order valence-electron chi connectivity index (χ4n) is 5.52. The quantitative estimate of drug-likeness (QED) is 0.0941. The van der Waals surface area contributed by atoms with Crippen LogP contribution in [0.4, 0.5) is 0 Å². The summed E-state index contributed by atoms with van der Waals surface area (Å²) in [6.07, 6.45) is -8.53. The highest BCUT2D eigenvalue weighted by atomic mass is 16.4. The SMILES string of the molecule is Cc1ccccc1C(=O)NC(=O)[C@H](O)[C@](O)(NC(=O)c1ccccc1C)[C@@](O)(NC(=O)c1ccccc1C)[C@H](O)C(O)NC(=O)c1ccccc1C. The van der Waals surface area contributed by atoms with E-state index in [4.69, 9.17) is 0 Å². The molecule has 4 rings (SSSR count). The van der Waals surface area contributed by atoms with Crippen LogP contribution in [0.25, 0.3) is 0 Å². The topological polar surface area (TPSA) is 235 Å². The fourth-order valence-corrected chi connectivity index (χ4v) is 5.52. The maximum absolute atomic E-state index is 13.7. The predicted molar refractivity (Wildman–Crippen MR) is 188 cm³/mol. The molecule has 0 aliphatic heterocycles. The van der Waals surface area contributed by atoms with Crippen molar-refractivity contribution in [3.8, 4) is 0 Å². The van der Waals surface area contributed by atoms with Crippen LogP contribution >= 0.6 is 0 Å². The first kappa shape index (κ1) is 39.0. The van der Waals surface area contributed by atoms with Crippen molar-refractivity contribution in [1.29, 1.82) is 0 Å². The van der Waals surface area contributed by atoms with Gasteiger partial charge in [-0.25, -0.2) is 0 Å². The summed E-state index contributed by atoms with van der Waals surface area (Å²) in [5.41, 5.74) is -6.39. The number of imide groups is 1. The number of aliphatic hydroxyl groups is 5. The van der Waals surface area contributed by atoms with E-state index < -0.39 is 59.4 Å². The highest BCUT2D eigenvalue weighted by molar-refractivity contribution is 6.07. The zero-order chi connectivity index (χ0) is 38.4. The third-order valence-corrected chi connectivity index (χ3v) is 8.63. The van der Waals surface area contributed by atoms with E-state index in [1.54, 1.807) is 50.2 Å². The van der Waals surface area contributed by atoms with Gasteiger partial charge in [0.15, 0.2) is 18.4 Å². The maximum Gasteiger partial charge on any atom is 0.260 e. The smallest absolute Gasteiger partial charge is 0.260 e. The molecule has 0 saturated carbocycles. The van der Waals surface area contributed by atoms with Crippen LogP contribution in [0.2, 0.25) is 0 Å². The summed E-state index contributed by atoms with van der Waals surface area (Å²) in [4.78, 5) is 67.3. The number of amides is 5. The van der Waals surface area contributed by atoms with Gasteiger partial charge in [-0.1, -0.05) is 72.8 Å². The molecule has 14 heteroatoms. The van der Waals surface area contributed by atoms with Crippen LogP contribution in [0.5, 0.6) is 0 Å². The lowest BCUT2D eigenvalue weighted by Crippen LogP contribution is -2.83. The minimum atomic E-state index is -3.87. The number of aliphatic hydroxyl groups excluding tert-OH is 3. The van der Waals surface area contributed by atoms with Gasteiger partial charge < -0.3 is 41.5 Å². The van der Waals surface area contributed by atoms with Gasteiger partial charge >= 0.3 is 0 Å². The molecule has 14 nitrogen and oxygen atoms in total. The van der Waals surface area contributed by atoms with Gasteiger partial charge in [0, 0.05) is 22.3 Å². The Kier molecular flexibility index (Phi) is 12.1. The summed E-state index contributed by atoms with van der Waals surface area (Å²) < 4.78 is 0. The van der Waals surface area contributed by atoms with Crippen LogP contribution in [0.1, 0.15) is 63.7 Å². The largest absolute Gasteiger partial charge is 0.383 e. The van der Waals surface area contributed by atoms with E-state index in [9.17, 15) is 49.5 Å². The first-order valence-electron chi connectivity index (χ1n) is 16.0. The summed E-state index contributed by atoms with van der Waals surface area (Å²) in [5, 5.41) is 66.8. The third kappa shape index (κ3) is 8.07. The van der Waals surface area contributed by atoms with Crippen molar-refractivity contribution in [2.45, 2.75) is 57.6 Å². The molecule has 4 aromatic carbocycles. The van der Waals surface area contributed by atoms with Gasteiger partial charge in [-0.05, 0) is 74.2 Å². The van der Waals surface area contributed by atoms with Gasteiger partial charge in [-0.2, -0.15) is 0 Å². The average Bonchev–Trinajstić information content (AvgIpc) is 3.11. The molecule has 9 N–H and O–H groups in total. The first-order chi connectivity index (χ1) is 24.5. The zero-order valence-electron chi connectivity index (χ0n) is 28.7. The molecule has 0 heterocycles. The minimum absolute atomic E-state index is 0.00646. The lowest BCUT2D eigenvalue weighted by atomic mass is 9.85. The molecule has 0 fully saturated rings. The maximum atomic E-state index is 13.7. The second kappa shape index (κ2) is 16.1. The van der Waals surface area contributed by atoms with Crippen molar-refractivity contribution in [3.63, 3.8) is 0 Å². The Morgan fingerprint density at radius 1 is 0.500 bits per heavy atom. The molecule has 4 aromatic rings. The molecule has 0 spiro atoms. The summed E-state index contributed by atoms with van der Waals surface area (Å²) >= 11 is 0. The number of rotatable bonds is 12. The fraction of sp³-hybridized carbons (Fsp3) is 0.237. The van der Waals surface area contributed by atoms with E-state index in [-0.39, 0.29) is 22.3 Å². The molecular weight excluding hydrogens is 672 g/mol. The van der Waals surface area contributed by atoms with E-state index in [1.165, 1.54) is 74.5 Å². The zero-order valence-corrected chi connectivity index (χ0v) is 28.7. The number of aryl methyl sites for hydroxylation is 4. The molecule has 0 saturated heterocycles.